The van der Waals surface area contributed by atoms with Crippen molar-refractivity contribution in [3.05, 3.63) is 41.2 Å². The van der Waals surface area contributed by atoms with Gasteiger partial charge in [-0.2, -0.15) is 0 Å². The van der Waals surface area contributed by atoms with Gasteiger partial charge >= 0.3 is 5.97 Å². The molecule has 6 nitrogen and oxygen atoms in total. The third-order valence-electron chi connectivity index (χ3n) is 3.30. The van der Waals surface area contributed by atoms with Crippen molar-refractivity contribution in [3.8, 4) is 5.75 Å². The first kappa shape index (κ1) is 12.7. The van der Waals surface area contributed by atoms with Crippen LogP contribution in [0, 0.1) is 0 Å². The Kier molecular flexibility index (Phi) is 3.37. The zero-order chi connectivity index (χ0) is 13.9. The van der Waals surface area contributed by atoms with Crippen LogP contribution in [0.25, 0.3) is 0 Å². The number of hydrogen-bond donors (Lipinski definition) is 1. The third-order valence-corrected chi connectivity index (χ3v) is 3.30. The number of ether oxygens (including phenoxy) is 1. The number of carboxylic acid groups (broad SMARTS) is 1. The molecule has 104 valence electrons. The largest absolute Gasteiger partial charge is 0.493 e. The van der Waals surface area contributed by atoms with E-state index in [0.29, 0.717) is 12.2 Å². The molecule has 6 heteroatoms. The van der Waals surface area contributed by atoms with Gasteiger partial charge in [0.2, 0.25) is 0 Å². The van der Waals surface area contributed by atoms with Crippen molar-refractivity contribution in [2.75, 3.05) is 6.61 Å². The Bertz CT molecular complexity index is 636. The van der Waals surface area contributed by atoms with E-state index in [1.54, 1.807) is 10.9 Å². The summed E-state index contributed by atoms with van der Waals surface area (Å²) in [5.74, 6) is 0.0916. The van der Waals surface area contributed by atoms with Crippen molar-refractivity contribution >= 4 is 5.97 Å². The summed E-state index contributed by atoms with van der Waals surface area (Å²) in [4.78, 5) is 10.6. The number of rotatable bonds is 5. The van der Waals surface area contributed by atoms with E-state index in [1.807, 2.05) is 6.07 Å². The lowest BCUT2D eigenvalue weighted by Gasteiger charge is -2.04. The summed E-state index contributed by atoms with van der Waals surface area (Å²) in [6.45, 7) is 1.45. The van der Waals surface area contributed by atoms with Gasteiger partial charge in [0.25, 0.3) is 0 Å². The van der Waals surface area contributed by atoms with Crippen molar-refractivity contribution in [2.45, 2.75) is 25.8 Å². The molecule has 0 saturated carbocycles. The van der Waals surface area contributed by atoms with Gasteiger partial charge in [-0.25, -0.2) is 0 Å². The van der Waals surface area contributed by atoms with Gasteiger partial charge in [-0.1, -0.05) is 17.3 Å². The first-order chi connectivity index (χ1) is 9.70. The minimum Gasteiger partial charge on any atom is -0.493 e. The fourth-order valence-electron chi connectivity index (χ4n) is 2.32. The topological polar surface area (TPSA) is 77.2 Å². The third kappa shape index (κ3) is 2.79. The number of aryl methyl sites for hydroxylation is 2. The Balaban J connectivity index is 1.61. The summed E-state index contributed by atoms with van der Waals surface area (Å²) < 4.78 is 7.16. The summed E-state index contributed by atoms with van der Waals surface area (Å²) in [5, 5.41) is 16.5. The Morgan fingerprint density at radius 1 is 1.45 bits per heavy atom. The molecule has 1 aliphatic rings. The highest BCUT2D eigenvalue weighted by Gasteiger charge is 2.12. The van der Waals surface area contributed by atoms with Crippen LogP contribution in [-0.4, -0.2) is 32.7 Å². The van der Waals surface area contributed by atoms with Crippen LogP contribution in [0.2, 0.25) is 0 Å². The minimum atomic E-state index is -0.893. The molecule has 0 spiro atoms. The Labute approximate surface area is 116 Å². The van der Waals surface area contributed by atoms with E-state index in [2.05, 4.69) is 22.4 Å². The zero-order valence-corrected chi connectivity index (χ0v) is 11.0. The molecule has 1 N–H and O–H groups in total. The van der Waals surface area contributed by atoms with Crippen molar-refractivity contribution in [3.63, 3.8) is 0 Å². The second kappa shape index (κ2) is 5.32. The number of aromatic nitrogens is 3. The molecule has 0 unspecified atom stereocenters. The van der Waals surface area contributed by atoms with Gasteiger partial charge in [0.1, 0.15) is 5.75 Å². The van der Waals surface area contributed by atoms with Crippen LogP contribution < -0.4 is 4.74 Å². The first-order valence-corrected chi connectivity index (χ1v) is 6.56. The van der Waals surface area contributed by atoms with Crippen LogP contribution in [0.15, 0.2) is 24.4 Å². The summed E-state index contributed by atoms with van der Waals surface area (Å²) in [5.41, 5.74) is 2.97. The van der Waals surface area contributed by atoms with Crippen molar-refractivity contribution in [1.82, 2.24) is 15.0 Å². The fourth-order valence-corrected chi connectivity index (χ4v) is 2.32. The van der Waals surface area contributed by atoms with Gasteiger partial charge in [-0.15, -0.1) is 5.10 Å². The molecule has 1 aromatic heterocycles. The predicted molar refractivity (Wildman–Crippen MR) is 70.7 cm³/mol. The van der Waals surface area contributed by atoms with Gasteiger partial charge in [0, 0.05) is 19.2 Å². The molecule has 0 atom stereocenters. The van der Waals surface area contributed by atoms with E-state index in [9.17, 15) is 4.79 Å². The molecule has 1 aliphatic heterocycles. The number of fused-ring (bicyclic) bond motifs is 1. The maximum absolute atomic E-state index is 10.6. The number of carboxylic acids is 1. The Morgan fingerprint density at radius 3 is 3.20 bits per heavy atom. The summed E-state index contributed by atoms with van der Waals surface area (Å²) >= 11 is 0. The molecule has 0 aliphatic carbocycles. The minimum absolute atomic E-state index is 0.0871. The fraction of sp³-hybridized carbons (Fsp3) is 0.357. The van der Waals surface area contributed by atoms with Crippen molar-refractivity contribution in [1.29, 1.82) is 0 Å². The van der Waals surface area contributed by atoms with Gasteiger partial charge in [-0.05, 0) is 23.6 Å². The Morgan fingerprint density at radius 2 is 2.35 bits per heavy atom. The zero-order valence-electron chi connectivity index (χ0n) is 11.0. The molecule has 3 rings (SSSR count). The monoisotopic (exact) mass is 273 g/mol. The Hall–Kier alpha value is -2.37. The predicted octanol–water partition coefficient (Wildman–Crippen LogP) is 1.08. The standard InChI is InChI=1S/C14H15N3O3/c18-14(19)8-12-9-17(16-15-12)5-3-10-1-2-13-11(7-10)4-6-20-13/h1-2,7,9H,3-6,8H2,(H,18,19). The van der Waals surface area contributed by atoms with E-state index in [-0.39, 0.29) is 6.42 Å². The highest BCUT2D eigenvalue weighted by Crippen LogP contribution is 2.26. The van der Waals surface area contributed by atoms with Crippen LogP contribution in [0.1, 0.15) is 16.8 Å². The molecule has 0 saturated heterocycles. The van der Waals surface area contributed by atoms with Crippen molar-refractivity contribution in [2.24, 2.45) is 0 Å². The quantitative estimate of drug-likeness (QED) is 0.882. The van der Waals surface area contributed by atoms with E-state index in [4.69, 9.17) is 9.84 Å². The van der Waals surface area contributed by atoms with Gasteiger partial charge < -0.3 is 9.84 Å². The van der Waals surface area contributed by atoms with Crippen molar-refractivity contribution < 1.29 is 14.6 Å². The second-order valence-electron chi connectivity index (χ2n) is 4.83. The SMILES string of the molecule is O=C(O)Cc1cn(CCc2ccc3c(c2)CCO3)nn1. The molecule has 2 aromatic rings. The lowest BCUT2D eigenvalue weighted by atomic mass is 10.1. The molecule has 20 heavy (non-hydrogen) atoms. The van der Waals surface area contributed by atoms with Crippen LogP contribution in [0.3, 0.4) is 0 Å². The first-order valence-electron chi connectivity index (χ1n) is 6.56. The highest BCUT2D eigenvalue weighted by molar-refractivity contribution is 5.69. The molecule has 0 radical (unpaired) electrons. The smallest absolute Gasteiger partial charge is 0.309 e. The van der Waals surface area contributed by atoms with E-state index >= 15 is 0 Å². The maximum atomic E-state index is 10.6. The van der Waals surface area contributed by atoms with E-state index < -0.39 is 5.97 Å². The molecular weight excluding hydrogens is 258 g/mol. The van der Waals surface area contributed by atoms with Crippen LogP contribution >= 0.6 is 0 Å². The molecule has 2 heterocycles. The molecule has 0 amide bonds. The van der Waals surface area contributed by atoms with E-state index in [1.165, 1.54) is 11.1 Å². The van der Waals surface area contributed by atoms with Crippen LogP contribution in [0.5, 0.6) is 5.75 Å². The molecular formula is C14H15N3O3. The highest BCUT2D eigenvalue weighted by atomic mass is 16.5. The number of nitrogens with zero attached hydrogens (tertiary/aromatic N) is 3. The number of hydrogen-bond acceptors (Lipinski definition) is 4. The average molecular weight is 273 g/mol. The van der Waals surface area contributed by atoms with Crippen LogP contribution in [-0.2, 0) is 30.6 Å². The van der Waals surface area contributed by atoms with Gasteiger partial charge in [0.05, 0.1) is 18.7 Å². The molecule has 0 bridgehead atoms. The molecule has 1 aromatic carbocycles. The lowest BCUT2D eigenvalue weighted by Crippen LogP contribution is -2.02. The summed E-state index contributed by atoms with van der Waals surface area (Å²) in [6.07, 6.45) is 3.40. The van der Waals surface area contributed by atoms with Gasteiger partial charge in [0.15, 0.2) is 0 Å². The number of carbonyl (C=O) groups is 1. The normalized spacial score (nSPS) is 13.0. The molecule has 0 fully saturated rings. The number of benzene rings is 1. The summed E-state index contributed by atoms with van der Waals surface area (Å²) in [6, 6.07) is 6.23. The number of aliphatic carboxylic acids is 1. The van der Waals surface area contributed by atoms with Gasteiger partial charge in [-0.3, -0.25) is 9.48 Å². The lowest BCUT2D eigenvalue weighted by molar-refractivity contribution is -0.136. The maximum Gasteiger partial charge on any atom is 0.309 e. The second-order valence-corrected chi connectivity index (χ2v) is 4.83. The average Bonchev–Trinajstić information content (AvgIpc) is 3.03. The van der Waals surface area contributed by atoms with Crippen LogP contribution in [0.4, 0.5) is 0 Å². The summed E-state index contributed by atoms with van der Waals surface area (Å²) in [7, 11) is 0. The van der Waals surface area contributed by atoms with E-state index in [0.717, 1.165) is 25.2 Å².